The Bertz CT molecular complexity index is 887. The number of nitrogens with zero attached hydrogens (tertiary/aromatic N) is 6. The van der Waals surface area contributed by atoms with Gasteiger partial charge in [0.05, 0.1) is 11.5 Å². The highest BCUT2D eigenvalue weighted by Crippen LogP contribution is 2.14. The molecule has 10 heteroatoms. The van der Waals surface area contributed by atoms with Crippen LogP contribution in [0.4, 0.5) is 11.6 Å². The molecule has 128 valence electrons. The van der Waals surface area contributed by atoms with E-state index in [-0.39, 0.29) is 11.6 Å². The normalized spacial score (nSPS) is 11.9. The maximum Gasteiger partial charge on any atom is 0.307 e. The quantitative estimate of drug-likeness (QED) is 0.537. The van der Waals surface area contributed by atoms with Crippen LogP contribution < -0.4 is 5.32 Å². The molecule has 1 amide bonds. The summed E-state index contributed by atoms with van der Waals surface area (Å²) in [6.45, 7) is 2.11. The van der Waals surface area contributed by atoms with Gasteiger partial charge in [-0.1, -0.05) is 30.3 Å². The third-order valence-corrected chi connectivity index (χ3v) is 3.53. The van der Waals surface area contributed by atoms with E-state index in [4.69, 9.17) is 0 Å². The van der Waals surface area contributed by atoms with Crippen LogP contribution in [0.15, 0.2) is 49.1 Å². The summed E-state index contributed by atoms with van der Waals surface area (Å²) in [5, 5.41) is 21.3. The molecule has 0 radical (unpaired) electrons. The van der Waals surface area contributed by atoms with Crippen molar-refractivity contribution in [1.29, 1.82) is 0 Å². The van der Waals surface area contributed by atoms with Crippen LogP contribution in [0, 0.1) is 10.1 Å². The molecular weight excluding hydrogens is 326 g/mol. The average Bonchev–Trinajstić information content (AvgIpc) is 3.25. The van der Waals surface area contributed by atoms with Crippen LogP contribution in [0.25, 0.3) is 0 Å². The summed E-state index contributed by atoms with van der Waals surface area (Å²) in [5.41, 5.74) is 0.882. The molecule has 1 N–H and O–H groups in total. The van der Waals surface area contributed by atoms with Crippen molar-refractivity contribution in [3.63, 3.8) is 0 Å². The highest BCUT2D eigenvalue weighted by Gasteiger charge is 2.20. The van der Waals surface area contributed by atoms with Crippen LogP contribution in [0.3, 0.4) is 0 Å². The summed E-state index contributed by atoms with van der Waals surface area (Å²) in [6, 6.07) is 8.98. The van der Waals surface area contributed by atoms with Gasteiger partial charge in [0.1, 0.15) is 24.8 Å². The van der Waals surface area contributed by atoms with Gasteiger partial charge in [-0.25, -0.2) is 9.67 Å². The number of aromatic nitrogens is 5. The Morgan fingerprint density at radius 2 is 2.12 bits per heavy atom. The third-order valence-electron chi connectivity index (χ3n) is 3.53. The molecule has 1 unspecified atom stereocenters. The summed E-state index contributed by atoms with van der Waals surface area (Å²) < 4.78 is 2.82. The molecule has 0 aliphatic rings. The van der Waals surface area contributed by atoms with Crippen LogP contribution in [0.1, 0.15) is 18.5 Å². The first-order valence-electron chi connectivity index (χ1n) is 7.45. The van der Waals surface area contributed by atoms with E-state index in [2.05, 4.69) is 20.5 Å². The van der Waals surface area contributed by atoms with Crippen molar-refractivity contribution in [1.82, 2.24) is 24.5 Å². The number of nitro groups is 1. The van der Waals surface area contributed by atoms with Gasteiger partial charge in [-0.15, -0.1) is 5.10 Å². The fourth-order valence-electron chi connectivity index (χ4n) is 2.17. The number of nitrogens with one attached hydrogen (secondary N) is 1. The molecule has 3 rings (SSSR count). The number of anilines is 1. The fraction of sp³-hybridized carbons (Fsp3) is 0.200. The largest absolute Gasteiger partial charge is 0.307 e. The second kappa shape index (κ2) is 6.91. The van der Waals surface area contributed by atoms with E-state index in [0.29, 0.717) is 6.54 Å². The summed E-state index contributed by atoms with van der Waals surface area (Å²) in [4.78, 5) is 26.4. The van der Waals surface area contributed by atoms with E-state index < -0.39 is 16.9 Å². The second-order valence-electron chi connectivity index (χ2n) is 5.35. The lowest BCUT2D eigenvalue weighted by Crippen LogP contribution is -2.24. The van der Waals surface area contributed by atoms with Crippen molar-refractivity contribution in [3.8, 4) is 0 Å². The smallest absolute Gasteiger partial charge is 0.291 e. The molecule has 1 atom stereocenters. The maximum atomic E-state index is 12.2. The van der Waals surface area contributed by atoms with Gasteiger partial charge in [0, 0.05) is 0 Å². The first kappa shape index (κ1) is 16.3. The minimum Gasteiger partial charge on any atom is -0.291 e. The zero-order chi connectivity index (χ0) is 17.8. The van der Waals surface area contributed by atoms with Crippen molar-refractivity contribution >= 4 is 17.5 Å². The van der Waals surface area contributed by atoms with Gasteiger partial charge in [0.2, 0.25) is 5.95 Å². The maximum absolute atomic E-state index is 12.2. The zero-order valence-corrected chi connectivity index (χ0v) is 13.3. The summed E-state index contributed by atoms with van der Waals surface area (Å²) in [6.07, 6.45) is 3.81. The molecule has 0 saturated heterocycles. The number of carbonyl (C=O) groups is 1. The van der Waals surface area contributed by atoms with Gasteiger partial charge >= 0.3 is 5.69 Å². The minimum atomic E-state index is -0.741. The predicted molar refractivity (Wildman–Crippen MR) is 87.8 cm³/mol. The SMILES string of the molecule is CC(C(=O)Nc1ncn(Cc2ccccc2)n1)n1cc([N+](=O)[O-])cn1. The molecule has 2 heterocycles. The van der Waals surface area contributed by atoms with E-state index in [1.54, 1.807) is 11.6 Å². The lowest BCUT2D eigenvalue weighted by Gasteiger charge is -2.10. The van der Waals surface area contributed by atoms with E-state index in [0.717, 1.165) is 11.8 Å². The van der Waals surface area contributed by atoms with Gasteiger partial charge < -0.3 is 0 Å². The molecule has 1 aromatic carbocycles. The number of benzene rings is 1. The van der Waals surface area contributed by atoms with Crippen LogP contribution in [-0.2, 0) is 11.3 Å². The number of carbonyl (C=O) groups excluding carboxylic acids is 1. The Kier molecular flexibility index (Phi) is 4.50. The summed E-state index contributed by atoms with van der Waals surface area (Å²) in [7, 11) is 0. The Hall–Kier alpha value is -3.56. The average molecular weight is 341 g/mol. The van der Waals surface area contributed by atoms with E-state index in [1.165, 1.54) is 17.2 Å². The molecule has 0 bridgehead atoms. The molecule has 2 aromatic heterocycles. The van der Waals surface area contributed by atoms with Gasteiger partial charge in [-0.3, -0.25) is 24.9 Å². The highest BCUT2D eigenvalue weighted by molar-refractivity contribution is 5.91. The number of rotatable bonds is 6. The van der Waals surface area contributed by atoms with E-state index >= 15 is 0 Å². The molecule has 0 aliphatic carbocycles. The van der Waals surface area contributed by atoms with Crippen LogP contribution in [0.2, 0.25) is 0 Å². The molecule has 10 nitrogen and oxygen atoms in total. The van der Waals surface area contributed by atoms with E-state index in [1.807, 2.05) is 30.3 Å². The molecule has 25 heavy (non-hydrogen) atoms. The lowest BCUT2D eigenvalue weighted by atomic mass is 10.2. The minimum absolute atomic E-state index is 0.162. The predicted octanol–water partition coefficient (Wildman–Crippen LogP) is 1.63. The van der Waals surface area contributed by atoms with Gasteiger partial charge in [0.15, 0.2) is 0 Å². The molecule has 0 spiro atoms. The van der Waals surface area contributed by atoms with Crippen molar-refractivity contribution in [3.05, 3.63) is 64.7 Å². The number of hydrogen-bond donors (Lipinski definition) is 1. The Morgan fingerprint density at radius 3 is 2.80 bits per heavy atom. The number of amides is 1. The summed E-state index contributed by atoms with van der Waals surface area (Å²) >= 11 is 0. The topological polar surface area (TPSA) is 121 Å². The lowest BCUT2D eigenvalue weighted by molar-refractivity contribution is -0.385. The fourth-order valence-corrected chi connectivity index (χ4v) is 2.17. The molecule has 3 aromatic rings. The van der Waals surface area contributed by atoms with Crippen LogP contribution in [-0.4, -0.2) is 35.4 Å². The van der Waals surface area contributed by atoms with Crippen molar-refractivity contribution < 1.29 is 9.72 Å². The standard InChI is InChI=1S/C15H15N7O3/c1-11(21-9-13(7-17-21)22(24)25)14(23)18-15-16-10-20(19-15)8-12-5-3-2-4-6-12/h2-7,9-11H,8H2,1H3,(H,18,19,23). The Morgan fingerprint density at radius 1 is 1.36 bits per heavy atom. The Labute approximate surface area is 142 Å². The molecule has 0 aliphatic heterocycles. The monoisotopic (exact) mass is 341 g/mol. The van der Waals surface area contributed by atoms with E-state index in [9.17, 15) is 14.9 Å². The van der Waals surface area contributed by atoms with Gasteiger partial charge in [-0.2, -0.15) is 5.10 Å². The second-order valence-corrected chi connectivity index (χ2v) is 5.35. The van der Waals surface area contributed by atoms with Gasteiger partial charge in [-0.05, 0) is 12.5 Å². The third kappa shape index (κ3) is 3.86. The summed E-state index contributed by atoms with van der Waals surface area (Å²) in [5.74, 6) is -0.259. The van der Waals surface area contributed by atoms with Crippen LogP contribution in [0.5, 0.6) is 0 Å². The van der Waals surface area contributed by atoms with Crippen molar-refractivity contribution in [2.45, 2.75) is 19.5 Å². The van der Waals surface area contributed by atoms with Crippen molar-refractivity contribution in [2.24, 2.45) is 0 Å². The molecular formula is C15H15N7O3. The Balaban J connectivity index is 1.63. The van der Waals surface area contributed by atoms with Gasteiger partial charge in [0.25, 0.3) is 5.91 Å². The highest BCUT2D eigenvalue weighted by atomic mass is 16.6. The molecule has 0 saturated carbocycles. The first-order valence-corrected chi connectivity index (χ1v) is 7.45. The van der Waals surface area contributed by atoms with Crippen LogP contribution >= 0.6 is 0 Å². The molecule has 0 fully saturated rings. The van der Waals surface area contributed by atoms with Crippen molar-refractivity contribution in [2.75, 3.05) is 5.32 Å². The first-order chi connectivity index (χ1) is 12.0. The zero-order valence-electron chi connectivity index (χ0n) is 13.3. The number of hydrogen-bond acceptors (Lipinski definition) is 6.